The van der Waals surface area contributed by atoms with Gasteiger partial charge in [-0.05, 0) is 54.4 Å². The van der Waals surface area contributed by atoms with Gasteiger partial charge in [-0.25, -0.2) is 4.39 Å². The molecular weight excluding hydrogens is 421 g/mol. The zero-order valence-electron chi connectivity index (χ0n) is 16.2. The third-order valence-electron chi connectivity index (χ3n) is 4.85. The highest BCUT2D eigenvalue weighted by Gasteiger charge is 2.31. The molecule has 31 heavy (non-hydrogen) atoms. The number of nitrogens with two attached hydrogens (primary N) is 1. The Kier molecular flexibility index (Phi) is 5.09. The van der Waals surface area contributed by atoms with E-state index >= 15 is 0 Å². The summed E-state index contributed by atoms with van der Waals surface area (Å²) in [5.74, 6) is -0.837. The van der Waals surface area contributed by atoms with Gasteiger partial charge in [0.2, 0.25) is 5.88 Å². The van der Waals surface area contributed by atoms with Gasteiger partial charge < -0.3 is 14.7 Å². The summed E-state index contributed by atoms with van der Waals surface area (Å²) in [6.45, 7) is 1.46. The second-order valence-corrected chi connectivity index (χ2v) is 8.40. The lowest BCUT2D eigenvalue weighted by atomic mass is 9.84. The smallest absolute Gasteiger partial charge is 0.339 e. The predicted molar refractivity (Wildman–Crippen MR) is 109 cm³/mol. The Morgan fingerprint density at radius 3 is 2.58 bits per heavy atom. The van der Waals surface area contributed by atoms with Crippen LogP contribution in [0.25, 0.3) is 0 Å². The maximum Gasteiger partial charge on any atom is 0.339 e. The summed E-state index contributed by atoms with van der Waals surface area (Å²) < 4.78 is 49.5. The number of fused-ring (bicyclic) bond motifs is 1. The number of pyridine rings is 1. The molecule has 1 aliphatic rings. The molecule has 0 spiro atoms. The summed E-state index contributed by atoms with van der Waals surface area (Å²) in [7, 11) is -4.20. The molecule has 0 radical (unpaired) electrons. The molecule has 0 fully saturated rings. The molecule has 0 bridgehead atoms. The van der Waals surface area contributed by atoms with E-state index in [2.05, 4.69) is 11.1 Å². The number of ether oxygens (including phenoxy) is 1. The quantitative estimate of drug-likeness (QED) is 0.621. The van der Waals surface area contributed by atoms with Crippen LogP contribution in [-0.4, -0.2) is 13.4 Å². The molecule has 4 rings (SSSR count). The molecule has 3 aromatic rings. The average Bonchev–Trinajstić information content (AvgIpc) is 2.74. The topological polar surface area (TPSA) is 115 Å². The molecule has 0 saturated heterocycles. The van der Waals surface area contributed by atoms with Gasteiger partial charge in [-0.2, -0.15) is 13.7 Å². The van der Waals surface area contributed by atoms with E-state index in [4.69, 9.17) is 14.7 Å². The third-order valence-corrected chi connectivity index (χ3v) is 6.10. The number of hydrogen-bond donors (Lipinski definition) is 1. The lowest BCUT2D eigenvalue weighted by molar-refractivity contribution is 0.391. The van der Waals surface area contributed by atoms with Crippen LogP contribution in [0.1, 0.15) is 22.6 Å². The fourth-order valence-corrected chi connectivity index (χ4v) is 4.34. The zero-order valence-corrected chi connectivity index (χ0v) is 17.1. The maximum absolute atomic E-state index is 13.5. The predicted octanol–water partition coefficient (Wildman–Crippen LogP) is 3.52. The van der Waals surface area contributed by atoms with Crippen LogP contribution in [0.4, 0.5) is 4.39 Å². The molecular formula is C22H16FN3O4S. The average molecular weight is 437 g/mol. The summed E-state index contributed by atoms with van der Waals surface area (Å²) in [5, 5.41) is 9.58. The van der Waals surface area contributed by atoms with Crippen molar-refractivity contribution < 1.29 is 21.7 Å². The number of aryl methyl sites for hydroxylation is 1. The van der Waals surface area contributed by atoms with Crippen molar-refractivity contribution >= 4 is 10.1 Å². The van der Waals surface area contributed by atoms with Crippen molar-refractivity contribution in [2.75, 3.05) is 0 Å². The number of allylic oxidation sites excluding steroid dienone is 1. The fourth-order valence-electron chi connectivity index (χ4n) is 3.33. The van der Waals surface area contributed by atoms with Crippen LogP contribution in [0, 0.1) is 24.1 Å². The minimum Gasteiger partial charge on any atom is -0.440 e. The van der Waals surface area contributed by atoms with E-state index in [1.807, 2.05) is 0 Å². The van der Waals surface area contributed by atoms with E-state index in [0.717, 1.165) is 17.7 Å². The molecule has 1 aromatic heterocycles. The third kappa shape index (κ3) is 3.81. The lowest BCUT2D eigenvalue weighted by Gasteiger charge is -2.26. The summed E-state index contributed by atoms with van der Waals surface area (Å²) in [6.07, 6.45) is 3.20. The molecule has 1 atom stereocenters. The molecule has 1 unspecified atom stereocenters. The number of hydrogen-bond acceptors (Lipinski definition) is 7. The number of nitrogens with zero attached hydrogens (tertiary/aromatic N) is 2. The first-order valence-corrected chi connectivity index (χ1v) is 10.5. The van der Waals surface area contributed by atoms with Gasteiger partial charge >= 0.3 is 10.1 Å². The van der Waals surface area contributed by atoms with Crippen molar-refractivity contribution in [3.63, 3.8) is 0 Å². The first kappa shape index (κ1) is 20.4. The monoisotopic (exact) mass is 437 g/mol. The first-order chi connectivity index (χ1) is 14.8. The van der Waals surface area contributed by atoms with Crippen molar-refractivity contribution in [3.05, 3.63) is 94.9 Å². The second-order valence-electron chi connectivity index (χ2n) is 6.85. The maximum atomic E-state index is 13.5. The number of benzene rings is 2. The van der Waals surface area contributed by atoms with Crippen LogP contribution in [0.2, 0.25) is 0 Å². The molecule has 1 aliphatic heterocycles. The van der Waals surface area contributed by atoms with Crippen molar-refractivity contribution in [1.29, 1.82) is 5.26 Å². The summed E-state index contributed by atoms with van der Waals surface area (Å²) >= 11 is 0. The summed E-state index contributed by atoms with van der Waals surface area (Å²) in [5.41, 5.74) is 7.78. The first-order valence-electron chi connectivity index (χ1n) is 9.12. The van der Waals surface area contributed by atoms with E-state index in [9.17, 15) is 18.1 Å². The molecule has 156 valence electrons. The Morgan fingerprint density at radius 1 is 1.16 bits per heavy atom. The van der Waals surface area contributed by atoms with Gasteiger partial charge in [0.15, 0.2) is 0 Å². The van der Waals surface area contributed by atoms with Crippen LogP contribution in [-0.2, 0) is 10.1 Å². The van der Waals surface area contributed by atoms with Crippen LogP contribution in [0.15, 0.2) is 77.3 Å². The molecule has 9 heteroatoms. The SMILES string of the molecule is Cc1cc(S(=O)(=O)Oc2ccc3c(c2)OC(N)=C(C#N)C3c2ccncc2)ccc1F. The summed E-state index contributed by atoms with van der Waals surface area (Å²) in [4.78, 5) is 3.81. The fraction of sp³-hybridized carbons (Fsp3) is 0.0909. The van der Waals surface area contributed by atoms with Crippen molar-refractivity contribution in [3.8, 4) is 17.6 Å². The minimum absolute atomic E-state index is 0.0117. The van der Waals surface area contributed by atoms with E-state index in [1.165, 1.54) is 25.1 Å². The van der Waals surface area contributed by atoms with Gasteiger partial charge in [0, 0.05) is 24.0 Å². The molecule has 2 aromatic carbocycles. The number of rotatable bonds is 4. The highest BCUT2D eigenvalue weighted by Crippen LogP contribution is 2.43. The number of aromatic nitrogens is 1. The highest BCUT2D eigenvalue weighted by atomic mass is 32.2. The van der Waals surface area contributed by atoms with E-state index in [0.29, 0.717) is 5.56 Å². The van der Waals surface area contributed by atoms with Gasteiger partial charge in [-0.1, -0.05) is 6.07 Å². The van der Waals surface area contributed by atoms with E-state index in [-0.39, 0.29) is 33.4 Å². The van der Waals surface area contributed by atoms with Crippen LogP contribution >= 0.6 is 0 Å². The van der Waals surface area contributed by atoms with Crippen LogP contribution in [0.3, 0.4) is 0 Å². The molecule has 0 amide bonds. The van der Waals surface area contributed by atoms with E-state index in [1.54, 1.807) is 30.6 Å². The molecule has 2 heterocycles. The minimum atomic E-state index is -4.20. The van der Waals surface area contributed by atoms with Gasteiger partial charge in [-0.15, -0.1) is 0 Å². The van der Waals surface area contributed by atoms with Crippen molar-refractivity contribution in [2.45, 2.75) is 17.7 Å². The van der Waals surface area contributed by atoms with Crippen molar-refractivity contribution in [2.24, 2.45) is 5.73 Å². The normalized spacial score (nSPS) is 15.6. The molecule has 7 nitrogen and oxygen atoms in total. The Bertz CT molecular complexity index is 1350. The standard InChI is InChI=1S/C22H16FN3O4S/c1-13-10-16(3-5-19(13)23)31(27,28)30-15-2-4-17-20(11-15)29-22(25)18(12-24)21(17)14-6-8-26-9-7-14/h2-11,21H,25H2,1H3. The largest absolute Gasteiger partial charge is 0.440 e. The zero-order chi connectivity index (χ0) is 22.2. The number of nitriles is 1. The highest BCUT2D eigenvalue weighted by molar-refractivity contribution is 7.87. The lowest BCUT2D eigenvalue weighted by Crippen LogP contribution is -2.21. The van der Waals surface area contributed by atoms with Crippen LogP contribution in [0.5, 0.6) is 11.5 Å². The van der Waals surface area contributed by atoms with E-state index < -0.39 is 21.9 Å². The molecule has 2 N–H and O–H groups in total. The number of halogens is 1. The Hall–Kier alpha value is -3.90. The molecule has 0 saturated carbocycles. The Morgan fingerprint density at radius 2 is 1.90 bits per heavy atom. The summed E-state index contributed by atoms with van der Waals surface area (Å²) in [6, 6.07) is 13.5. The van der Waals surface area contributed by atoms with Gasteiger partial charge in [0.1, 0.15) is 33.9 Å². The molecule has 0 aliphatic carbocycles. The van der Waals surface area contributed by atoms with Crippen LogP contribution < -0.4 is 14.7 Å². The van der Waals surface area contributed by atoms with Crippen molar-refractivity contribution in [1.82, 2.24) is 4.98 Å². The van der Waals surface area contributed by atoms with Gasteiger partial charge in [0.25, 0.3) is 0 Å². The van der Waals surface area contributed by atoms with Gasteiger partial charge in [0.05, 0.1) is 5.92 Å². The Labute approximate surface area is 178 Å². The van der Waals surface area contributed by atoms with Gasteiger partial charge in [-0.3, -0.25) is 4.98 Å². The second kappa shape index (κ2) is 7.74. The Balaban J connectivity index is 1.72.